The molecule has 2 amide bonds. The van der Waals surface area contributed by atoms with Crippen molar-refractivity contribution in [2.45, 2.75) is 0 Å². The molecule has 0 unspecified atom stereocenters. The quantitative estimate of drug-likeness (QED) is 0.682. The average molecular weight is 369 g/mol. The molecule has 0 spiro atoms. The van der Waals surface area contributed by atoms with Crippen LogP contribution in [-0.4, -0.2) is 11.8 Å². The van der Waals surface area contributed by atoms with Crippen molar-refractivity contribution >= 4 is 34.8 Å². The number of hydrogen-bond donors (Lipinski definition) is 2. The summed E-state index contributed by atoms with van der Waals surface area (Å²) < 4.78 is 12.9. The van der Waals surface area contributed by atoms with E-state index < -0.39 is 11.7 Å². The van der Waals surface area contributed by atoms with Crippen molar-refractivity contribution in [2.24, 2.45) is 0 Å². The molecule has 0 aromatic heterocycles. The van der Waals surface area contributed by atoms with Crippen molar-refractivity contribution in [3.8, 4) is 0 Å². The molecule has 0 aliphatic carbocycles. The minimum atomic E-state index is -0.416. The molecular formula is C20H14ClFN2O2. The van der Waals surface area contributed by atoms with Crippen molar-refractivity contribution in [1.29, 1.82) is 0 Å². The number of anilines is 2. The Bertz CT molecular complexity index is 958. The van der Waals surface area contributed by atoms with Crippen molar-refractivity contribution < 1.29 is 14.0 Å². The van der Waals surface area contributed by atoms with Crippen LogP contribution in [0.5, 0.6) is 0 Å². The maximum absolute atomic E-state index is 12.9. The predicted molar refractivity (Wildman–Crippen MR) is 100 cm³/mol. The first-order chi connectivity index (χ1) is 12.5. The maximum atomic E-state index is 12.9. The fourth-order valence-electron chi connectivity index (χ4n) is 2.31. The molecule has 130 valence electrons. The molecular weight excluding hydrogens is 355 g/mol. The van der Waals surface area contributed by atoms with Crippen molar-refractivity contribution in [3.05, 3.63) is 94.8 Å². The zero-order chi connectivity index (χ0) is 18.5. The largest absolute Gasteiger partial charge is 0.322 e. The lowest BCUT2D eigenvalue weighted by atomic mass is 10.1. The van der Waals surface area contributed by atoms with Gasteiger partial charge in [-0.2, -0.15) is 0 Å². The van der Waals surface area contributed by atoms with Gasteiger partial charge < -0.3 is 10.6 Å². The van der Waals surface area contributed by atoms with Gasteiger partial charge in [0.1, 0.15) is 5.82 Å². The maximum Gasteiger partial charge on any atom is 0.255 e. The fourth-order valence-corrected chi connectivity index (χ4v) is 2.50. The Balaban J connectivity index is 1.72. The average Bonchev–Trinajstić information content (AvgIpc) is 2.62. The molecule has 3 rings (SSSR count). The third-order valence-electron chi connectivity index (χ3n) is 3.57. The SMILES string of the molecule is O=C(Nc1cccc(C(=O)Nc2cccc(Cl)c2)c1)c1ccc(F)cc1. The summed E-state index contributed by atoms with van der Waals surface area (Å²) in [5.41, 5.74) is 1.73. The third-order valence-corrected chi connectivity index (χ3v) is 3.81. The van der Waals surface area contributed by atoms with Crippen LogP contribution < -0.4 is 10.6 Å². The topological polar surface area (TPSA) is 58.2 Å². The molecule has 0 aliphatic heterocycles. The van der Waals surface area contributed by atoms with E-state index in [2.05, 4.69) is 10.6 Å². The molecule has 4 nitrogen and oxygen atoms in total. The molecule has 0 aliphatic rings. The molecule has 0 atom stereocenters. The zero-order valence-electron chi connectivity index (χ0n) is 13.5. The summed E-state index contributed by atoms with van der Waals surface area (Å²) in [7, 11) is 0. The van der Waals surface area contributed by atoms with Crippen LogP contribution in [-0.2, 0) is 0 Å². The second kappa shape index (κ2) is 7.80. The molecule has 0 saturated heterocycles. The first-order valence-electron chi connectivity index (χ1n) is 7.75. The minimum Gasteiger partial charge on any atom is -0.322 e. The van der Waals surface area contributed by atoms with E-state index in [9.17, 15) is 14.0 Å². The van der Waals surface area contributed by atoms with Crippen LogP contribution in [0.2, 0.25) is 5.02 Å². The summed E-state index contributed by atoms with van der Waals surface area (Å²) in [6.07, 6.45) is 0. The predicted octanol–water partition coefficient (Wildman–Crippen LogP) is 4.98. The zero-order valence-corrected chi connectivity index (χ0v) is 14.3. The van der Waals surface area contributed by atoms with Crippen molar-refractivity contribution in [3.63, 3.8) is 0 Å². The van der Waals surface area contributed by atoms with E-state index in [1.165, 1.54) is 24.3 Å². The van der Waals surface area contributed by atoms with Crippen LogP contribution in [0.25, 0.3) is 0 Å². The second-order valence-electron chi connectivity index (χ2n) is 5.51. The Morgan fingerprint density at radius 1 is 0.731 bits per heavy atom. The van der Waals surface area contributed by atoms with Gasteiger partial charge in [-0.3, -0.25) is 9.59 Å². The van der Waals surface area contributed by atoms with Gasteiger partial charge >= 0.3 is 0 Å². The van der Waals surface area contributed by atoms with E-state index in [1.54, 1.807) is 48.5 Å². The highest BCUT2D eigenvalue weighted by Gasteiger charge is 2.10. The number of amides is 2. The van der Waals surface area contributed by atoms with Crippen molar-refractivity contribution in [2.75, 3.05) is 10.6 Å². The lowest BCUT2D eigenvalue weighted by molar-refractivity contribution is 0.101. The van der Waals surface area contributed by atoms with Crippen LogP contribution in [0.15, 0.2) is 72.8 Å². The number of carbonyl (C=O) groups is 2. The Hall–Kier alpha value is -3.18. The Kier molecular flexibility index (Phi) is 5.29. The van der Waals surface area contributed by atoms with E-state index in [4.69, 9.17) is 11.6 Å². The standard InChI is InChI=1S/C20H14ClFN2O2/c21-15-4-2-6-18(12-15)24-20(26)14-3-1-5-17(11-14)23-19(25)13-7-9-16(22)10-8-13/h1-12H,(H,23,25)(H,24,26). The fraction of sp³-hybridized carbons (Fsp3) is 0. The van der Waals surface area contributed by atoms with Gasteiger partial charge in [0.25, 0.3) is 11.8 Å². The number of nitrogens with one attached hydrogen (secondary N) is 2. The molecule has 0 saturated carbocycles. The molecule has 3 aromatic carbocycles. The van der Waals surface area contributed by atoms with Gasteiger partial charge in [-0.1, -0.05) is 23.7 Å². The summed E-state index contributed by atoms with van der Waals surface area (Å²) in [6, 6.07) is 18.5. The summed E-state index contributed by atoms with van der Waals surface area (Å²) >= 11 is 5.90. The second-order valence-corrected chi connectivity index (χ2v) is 5.94. The third kappa shape index (κ3) is 4.46. The van der Waals surface area contributed by atoms with Crippen LogP contribution in [0.1, 0.15) is 20.7 Å². The highest BCUT2D eigenvalue weighted by atomic mass is 35.5. The van der Waals surface area contributed by atoms with E-state index in [-0.39, 0.29) is 5.91 Å². The van der Waals surface area contributed by atoms with Gasteiger partial charge in [0, 0.05) is 27.5 Å². The monoisotopic (exact) mass is 368 g/mol. The van der Waals surface area contributed by atoms with Gasteiger partial charge in [-0.25, -0.2) is 4.39 Å². The summed E-state index contributed by atoms with van der Waals surface area (Å²) in [5.74, 6) is -1.14. The van der Waals surface area contributed by atoms with Crippen LogP contribution in [0, 0.1) is 5.82 Å². The Labute approximate surface area is 154 Å². The highest BCUT2D eigenvalue weighted by molar-refractivity contribution is 6.31. The first-order valence-corrected chi connectivity index (χ1v) is 8.13. The van der Waals surface area contributed by atoms with Gasteiger partial charge in [0.15, 0.2) is 0 Å². The molecule has 3 aromatic rings. The molecule has 26 heavy (non-hydrogen) atoms. The van der Waals surface area contributed by atoms with Crippen LogP contribution >= 0.6 is 11.6 Å². The molecule has 2 N–H and O–H groups in total. The van der Waals surface area contributed by atoms with Gasteiger partial charge in [0.2, 0.25) is 0 Å². The molecule has 0 heterocycles. The summed E-state index contributed by atoms with van der Waals surface area (Å²) in [5, 5.41) is 5.94. The number of hydrogen-bond acceptors (Lipinski definition) is 2. The highest BCUT2D eigenvalue weighted by Crippen LogP contribution is 2.17. The molecule has 6 heteroatoms. The van der Waals surface area contributed by atoms with E-state index in [0.717, 1.165) is 0 Å². The van der Waals surface area contributed by atoms with Crippen LogP contribution in [0.3, 0.4) is 0 Å². The Morgan fingerprint density at radius 3 is 1.96 bits per heavy atom. The van der Waals surface area contributed by atoms with Gasteiger partial charge in [0.05, 0.1) is 0 Å². The lowest BCUT2D eigenvalue weighted by Gasteiger charge is -2.09. The minimum absolute atomic E-state index is 0.320. The van der Waals surface area contributed by atoms with E-state index >= 15 is 0 Å². The number of halogens is 2. The first kappa shape index (κ1) is 17.6. The number of benzene rings is 3. The molecule has 0 bridgehead atoms. The van der Waals surface area contributed by atoms with E-state index in [1.807, 2.05) is 0 Å². The molecule has 0 fully saturated rings. The normalized spacial score (nSPS) is 10.2. The number of rotatable bonds is 4. The smallest absolute Gasteiger partial charge is 0.255 e. The summed E-state index contributed by atoms with van der Waals surface area (Å²) in [6.45, 7) is 0. The number of carbonyl (C=O) groups excluding carboxylic acids is 2. The van der Waals surface area contributed by atoms with Crippen molar-refractivity contribution in [1.82, 2.24) is 0 Å². The molecule has 0 radical (unpaired) electrons. The van der Waals surface area contributed by atoms with Crippen LogP contribution in [0.4, 0.5) is 15.8 Å². The summed E-state index contributed by atoms with van der Waals surface area (Å²) in [4.78, 5) is 24.5. The Morgan fingerprint density at radius 2 is 1.31 bits per heavy atom. The van der Waals surface area contributed by atoms with E-state index in [0.29, 0.717) is 27.5 Å². The van der Waals surface area contributed by atoms with Gasteiger partial charge in [-0.05, 0) is 60.7 Å². The lowest BCUT2D eigenvalue weighted by Crippen LogP contribution is -2.14. The van der Waals surface area contributed by atoms with Gasteiger partial charge in [-0.15, -0.1) is 0 Å².